The van der Waals surface area contributed by atoms with E-state index in [0.29, 0.717) is 0 Å². The van der Waals surface area contributed by atoms with Gasteiger partial charge in [-0.25, -0.2) is 0 Å². The van der Waals surface area contributed by atoms with Crippen LogP contribution in [-0.4, -0.2) is 44.4 Å². The number of aromatic nitrogens is 2. The van der Waals surface area contributed by atoms with Crippen molar-refractivity contribution in [2.75, 3.05) is 39.3 Å². The predicted octanol–water partition coefficient (Wildman–Crippen LogP) is 5.97. The molecule has 0 aromatic carbocycles. The van der Waals surface area contributed by atoms with E-state index in [9.17, 15) is 0 Å². The maximum Gasteiger partial charge on any atom is 4.00 e. The number of hydrogen-bond donors (Lipinski definition) is 0. The van der Waals surface area contributed by atoms with E-state index in [2.05, 4.69) is 46.9 Å². The first-order valence-electron chi connectivity index (χ1n) is 11.0. The van der Waals surface area contributed by atoms with Crippen LogP contribution < -0.4 is 5.10 Å². The van der Waals surface area contributed by atoms with Gasteiger partial charge in [-0.3, -0.25) is 0 Å². The van der Waals surface area contributed by atoms with Crippen LogP contribution in [0, 0.1) is 0 Å². The van der Waals surface area contributed by atoms with Crippen molar-refractivity contribution >= 4 is 0 Å². The molecule has 3 fully saturated rings. The van der Waals surface area contributed by atoms with Gasteiger partial charge in [-0.2, -0.15) is 6.20 Å². The second kappa shape index (κ2) is 18.8. The molecule has 0 saturated carbocycles. The third kappa shape index (κ3) is 16.7. The van der Waals surface area contributed by atoms with E-state index in [-0.39, 0.29) is 27.1 Å². The van der Waals surface area contributed by atoms with Gasteiger partial charge in [0.15, 0.2) is 0 Å². The molecule has 0 amide bonds. The Morgan fingerprint density at radius 2 is 1.00 bits per heavy atom. The summed E-state index contributed by atoms with van der Waals surface area (Å²) in [7, 11) is 0. The van der Waals surface area contributed by atoms with Gasteiger partial charge in [-0.1, -0.05) is 84.6 Å². The summed E-state index contributed by atoms with van der Waals surface area (Å²) >= 11 is 0. The first kappa shape index (κ1) is 27.8. The van der Waals surface area contributed by atoms with Crippen molar-refractivity contribution in [1.29, 1.82) is 0 Å². The number of nitrogens with zero attached hydrogens (tertiary/aromatic N) is 5. The van der Waals surface area contributed by atoms with Crippen molar-refractivity contribution in [3.8, 4) is 0 Å². The first-order valence-corrected chi connectivity index (χ1v) is 11.0. The van der Waals surface area contributed by atoms with Crippen LogP contribution in [0.3, 0.4) is 0 Å². The summed E-state index contributed by atoms with van der Waals surface area (Å²) in [5.74, 6) is 0. The zero-order valence-corrected chi connectivity index (χ0v) is 20.1. The van der Waals surface area contributed by atoms with E-state index in [1.165, 1.54) is 57.8 Å². The van der Waals surface area contributed by atoms with Gasteiger partial charge in [-0.15, -0.1) is 39.3 Å². The van der Waals surface area contributed by atoms with Crippen LogP contribution in [0.5, 0.6) is 0 Å². The Hall–Kier alpha value is -0.196. The molecule has 0 unspecified atom stereocenters. The zero-order valence-electron chi connectivity index (χ0n) is 18.5. The summed E-state index contributed by atoms with van der Waals surface area (Å²) < 4.78 is 0. The summed E-state index contributed by atoms with van der Waals surface area (Å²) in [6.07, 6.45) is 13.9. The third-order valence-electron chi connectivity index (χ3n) is 4.63. The van der Waals surface area contributed by atoms with E-state index in [0.717, 1.165) is 45.0 Å². The Bertz CT molecular complexity index is 342. The molecule has 0 N–H and O–H groups in total. The molecule has 0 aliphatic carbocycles. The minimum atomic E-state index is 0. The van der Waals surface area contributed by atoms with Crippen molar-refractivity contribution in [3.05, 3.63) is 33.9 Å². The summed E-state index contributed by atoms with van der Waals surface area (Å²) in [6.45, 7) is 13.1. The van der Waals surface area contributed by atoms with Crippen LogP contribution in [0.2, 0.25) is 0 Å². The maximum atomic E-state index is 4.18. The fourth-order valence-electron chi connectivity index (χ4n) is 2.84. The summed E-state index contributed by atoms with van der Waals surface area (Å²) in [5.41, 5.74) is 1.21. The van der Waals surface area contributed by atoms with Crippen molar-refractivity contribution < 1.29 is 21.7 Å². The Kier molecular flexibility index (Phi) is 18.7. The quantitative estimate of drug-likeness (QED) is 0.483. The van der Waals surface area contributed by atoms with E-state index in [1.54, 1.807) is 6.20 Å². The second-order valence-electron chi connectivity index (χ2n) is 8.36. The van der Waals surface area contributed by atoms with Gasteiger partial charge in [0.05, 0.1) is 0 Å². The molecule has 3 aliphatic heterocycles. The molecule has 1 aromatic heterocycles. The number of rotatable bonds is 0. The van der Waals surface area contributed by atoms with Gasteiger partial charge < -0.3 is 26.1 Å². The molecule has 0 atom stereocenters. The molecular weight excluding hydrogens is 382 g/mol. The summed E-state index contributed by atoms with van der Waals surface area (Å²) in [6, 6.07) is 1.94. The van der Waals surface area contributed by atoms with Crippen molar-refractivity contribution in [3.63, 3.8) is 0 Å². The largest absolute Gasteiger partial charge is 4.00 e. The van der Waals surface area contributed by atoms with Gasteiger partial charge in [0, 0.05) is 11.1 Å². The molecule has 28 heavy (non-hydrogen) atoms. The minimum Gasteiger partial charge on any atom is -0.662 e. The monoisotopic (exact) mass is 423 g/mol. The molecule has 1 aromatic rings. The topological polar surface area (TPSA) is 69.3 Å². The Labute approximate surface area is 188 Å². The SMILES string of the molecule is C1CC[N-]CC1.C1CC[N-]CC1.C1CC[N-]CC1.CC(C)(C)c1cc[n-]n1.[Ti+4]. The van der Waals surface area contributed by atoms with Crippen LogP contribution in [0.25, 0.3) is 16.0 Å². The maximum absolute atomic E-state index is 4.18. The molecule has 0 spiro atoms. The molecule has 5 nitrogen and oxygen atoms in total. The van der Waals surface area contributed by atoms with E-state index >= 15 is 0 Å². The molecule has 0 radical (unpaired) electrons. The Morgan fingerprint density at radius 1 is 0.643 bits per heavy atom. The van der Waals surface area contributed by atoms with Crippen molar-refractivity contribution in [1.82, 2.24) is 10.2 Å². The van der Waals surface area contributed by atoms with E-state index < -0.39 is 0 Å². The van der Waals surface area contributed by atoms with Gasteiger partial charge in [-0.05, 0) is 0 Å². The molecule has 3 aliphatic rings. The van der Waals surface area contributed by atoms with Gasteiger partial charge in [0.2, 0.25) is 0 Å². The second-order valence-corrected chi connectivity index (χ2v) is 8.36. The van der Waals surface area contributed by atoms with E-state index in [4.69, 9.17) is 0 Å². The van der Waals surface area contributed by atoms with Crippen molar-refractivity contribution in [2.24, 2.45) is 0 Å². The predicted molar refractivity (Wildman–Crippen MR) is 117 cm³/mol. The molecule has 3 saturated heterocycles. The van der Waals surface area contributed by atoms with Crippen LogP contribution >= 0.6 is 0 Å². The molecule has 0 bridgehead atoms. The van der Waals surface area contributed by atoms with Gasteiger partial charge in [0.1, 0.15) is 0 Å². The van der Waals surface area contributed by atoms with Crippen molar-refractivity contribution in [2.45, 2.75) is 84.0 Å². The smallest absolute Gasteiger partial charge is 0.662 e. The van der Waals surface area contributed by atoms with E-state index in [1.807, 2.05) is 6.07 Å². The molecule has 6 heteroatoms. The first-order chi connectivity index (χ1) is 13.1. The average Bonchev–Trinajstić information content (AvgIpc) is 3.29. The zero-order chi connectivity index (χ0) is 19.6. The van der Waals surface area contributed by atoms with Gasteiger partial charge >= 0.3 is 21.7 Å². The fourth-order valence-corrected chi connectivity index (χ4v) is 2.84. The van der Waals surface area contributed by atoms with Gasteiger partial charge in [0.25, 0.3) is 0 Å². The normalized spacial score (nSPS) is 19.2. The number of hydrogen-bond acceptors (Lipinski definition) is 1. The van der Waals surface area contributed by atoms with Crippen LogP contribution in [-0.2, 0) is 27.1 Å². The molecule has 158 valence electrons. The fraction of sp³-hybridized carbons (Fsp3) is 0.864. The molecule has 4 heterocycles. The Balaban J connectivity index is 0.000000349. The Morgan fingerprint density at radius 3 is 1.11 bits per heavy atom. The third-order valence-corrected chi connectivity index (χ3v) is 4.63. The summed E-state index contributed by atoms with van der Waals surface area (Å²) in [5, 5.41) is 20.2. The number of piperidine rings is 3. The molecular formula is C22H41N5Ti. The van der Waals surface area contributed by atoms with Crippen LogP contribution in [0.4, 0.5) is 0 Å². The molecule has 4 rings (SSSR count). The van der Waals surface area contributed by atoms with Crippen LogP contribution in [0.15, 0.2) is 12.3 Å². The average molecular weight is 423 g/mol. The standard InChI is InChI=1S/C7H11N2.3C5H10N.Ti/c1-7(2,3)6-4-5-8-9-6;3*1-2-4-6-5-3-1;/h4-5H,1-3H3;3*1-5H2;/q4*-1;+4. The van der Waals surface area contributed by atoms with Crippen LogP contribution in [0.1, 0.15) is 84.3 Å². The summed E-state index contributed by atoms with van der Waals surface area (Å²) in [4.78, 5) is 0. The minimum absolute atomic E-state index is 0.